The quantitative estimate of drug-likeness (QED) is 0.889. The number of rotatable bonds is 4. The molecule has 18 heavy (non-hydrogen) atoms. The molecule has 0 radical (unpaired) electrons. The van der Waals surface area contributed by atoms with Crippen LogP contribution in [0.15, 0.2) is 42.6 Å². The normalized spacial score (nSPS) is 12.4. The zero-order chi connectivity index (χ0) is 13.0. The Balaban J connectivity index is 2.27. The zero-order valence-corrected chi connectivity index (χ0v) is 10.9. The molecule has 0 bridgehead atoms. The summed E-state index contributed by atoms with van der Waals surface area (Å²) < 4.78 is 0. The third-order valence-corrected chi connectivity index (χ3v) is 3.04. The summed E-state index contributed by atoms with van der Waals surface area (Å²) in [6, 6.07) is 12.0. The lowest BCUT2D eigenvalue weighted by molar-refractivity contribution is 0.220. The van der Waals surface area contributed by atoms with Gasteiger partial charge in [0.1, 0.15) is 6.10 Å². The monoisotopic (exact) mass is 241 g/mol. The number of pyridine rings is 1. The smallest absolute Gasteiger partial charge is 0.104 e. The molecule has 1 unspecified atom stereocenters. The van der Waals surface area contributed by atoms with Gasteiger partial charge in [-0.1, -0.05) is 37.6 Å². The van der Waals surface area contributed by atoms with E-state index in [4.69, 9.17) is 0 Å². The summed E-state index contributed by atoms with van der Waals surface area (Å²) in [4.78, 5) is 4.15. The summed E-state index contributed by atoms with van der Waals surface area (Å²) >= 11 is 0. The summed E-state index contributed by atoms with van der Waals surface area (Å²) in [6.07, 6.45) is 3.34. The predicted octanol–water partition coefficient (Wildman–Crippen LogP) is 3.42. The largest absolute Gasteiger partial charge is 0.384 e. The Morgan fingerprint density at radius 2 is 1.94 bits per heavy atom. The molecule has 0 saturated heterocycles. The molecule has 0 spiro atoms. The van der Waals surface area contributed by atoms with Crippen molar-refractivity contribution in [1.29, 1.82) is 0 Å². The first-order valence-corrected chi connectivity index (χ1v) is 6.40. The van der Waals surface area contributed by atoms with Gasteiger partial charge in [0.05, 0.1) is 0 Å². The van der Waals surface area contributed by atoms with E-state index in [-0.39, 0.29) is 0 Å². The summed E-state index contributed by atoms with van der Waals surface area (Å²) in [5, 5.41) is 10.4. The fourth-order valence-electron chi connectivity index (χ4n) is 2.14. The van der Waals surface area contributed by atoms with Gasteiger partial charge < -0.3 is 5.11 Å². The van der Waals surface area contributed by atoms with Crippen molar-refractivity contribution in [2.75, 3.05) is 0 Å². The molecule has 0 amide bonds. The highest BCUT2D eigenvalue weighted by Crippen LogP contribution is 2.23. The minimum absolute atomic E-state index is 0.566. The molecule has 0 aliphatic carbocycles. The lowest BCUT2D eigenvalue weighted by Gasteiger charge is -2.13. The van der Waals surface area contributed by atoms with Crippen molar-refractivity contribution in [1.82, 2.24) is 4.98 Å². The molecular weight excluding hydrogens is 222 g/mol. The summed E-state index contributed by atoms with van der Waals surface area (Å²) in [7, 11) is 0. The van der Waals surface area contributed by atoms with E-state index in [0.29, 0.717) is 0 Å². The SMILES string of the molecule is CCCc1cccc(C(O)c2ccnc(C)c2)c1. The number of aliphatic hydroxyl groups is 1. The second kappa shape index (κ2) is 5.78. The van der Waals surface area contributed by atoms with E-state index in [0.717, 1.165) is 29.7 Å². The summed E-state index contributed by atoms with van der Waals surface area (Å²) in [5.74, 6) is 0. The lowest BCUT2D eigenvalue weighted by Crippen LogP contribution is -2.01. The van der Waals surface area contributed by atoms with E-state index in [1.807, 2.05) is 31.2 Å². The van der Waals surface area contributed by atoms with Gasteiger partial charge in [-0.3, -0.25) is 4.98 Å². The molecule has 1 atom stereocenters. The molecule has 2 heteroatoms. The molecule has 0 aliphatic heterocycles. The van der Waals surface area contributed by atoms with Crippen LogP contribution in [0.3, 0.4) is 0 Å². The molecule has 1 heterocycles. The van der Waals surface area contributed by atoms with E-state index < -0.39 is 6.10 Å². The molecule has 1 aromatic carbocycles. The molecule has 2 rings (SSSR count). The third-order valence-electron chi connectivity index (χ3n) is 3.04. The molecule has 1 N–H and O–H groups in total. The van der Waals surface area contributed by atoms with E-state index in [2.05, 4.69) is 24.0 Å². The second-order valence-corrected chi connectivity index (χ2v) is 4.63. The number of hydrogen-bond donors (Lipinski definition) is 1. The maximum Gasteiger partial charge on any atom is 0.104 e. The number of hydrogen-bond acceptors (Lipinski definition) is 2. The van der Waals surface area contributed by atoms with Crippen molar-refractivity contribution in [2.45, 2.75) is 32.8 Å². The van der Waals surface area contributed by atoms with Crippen molar-refractivity contribution in [2.24, 2.45) is 0 Å². The van der Waals surface area contributed by atoms with Gasteiger partial charge in [0.25, 0.3) is 0 Å². The standard InChI is InChI=1S/C16H19NO/c1-3-5-13-6-4-7-14(11-13)16(18)15-8-9-17-12(2)10-15/h4,6-11,16,18H,3,5H2,1-2H3. The Morgan fingerprint density at radius 3 is 2.67 bits per heavy atom. The number of benzene rings is 1. The average molecular weight is 241 g/mol. The minimum Gasteiger partial charge on any atom is -0.384 e. The van der Waals surface area contributed by atoms with E-state index in [1.54, 1.807) is 6.20 Å². The van der Waals surface area contributed by atoms with Gasteiger partial charge in [0.2, 0.25) is 0 Å². The van der Waals surface area contributed by atoms with Crippen LogP contribution in [0.2, 0.25) is 0 Å². The first-order chi connectivity index (χ1) is 8.70. The molecule has 1 aromatic heterocycles. The maximum absolute atomic E-state index is 10.4. The van der Waals surface area contributed by atoms with Gasteiger partial charge in [-0.2, -0.15) is 0 Å². The number of nitrogens with zero attached hydrogens (tertiary/aromatic N) is 1. The average Bonchev–Trinajstić information content (AvgIpc) is 2.39. The van der Waals surface area contributed by atoms with Crippen molar-refractivity contribution >= 4 is 0 Å². The number of aromatic nitrogens is 1. The Bertz CT molecular complexity index is 522. The molecule has 0 saturated carbocycles. The molecule has 94 valence electrons. The highest BCUT2D eigenvalue weighted by Gasteiger charge is 2.10. The fraction of sp³-hybridized carbons (Fsp3) is 0.312. The molecule has 0 fully saturated rings. The van der Waals surface area contributed by atoms with E-state index in [9.17, 15) is 5.11 Å². The van der Waals surface area contributed by atoms with Crippen molar-refractivity contribution in [3.63, 3.8) is 0 Å². The van der Waals surface area contributed by atoms with Crippen LogP contribution in [0.25, 0.3) is 0 Å². The van der Waals surface area contributed by atoms with Crippen LogP contribution in [-0.2, 0) is 6.42 Å². The van der Waals surface area contributed by atoms with Gasteiger partial charge >= 0.3 is 0 Å². The Labute approximate surface area is 108 Å². The van der Waals surface area contributed by atoms with Crippen LogP contribution in [0.1, 0.15) is 41.8 Å². The van der Waals surface area contributed by atoms with Crippen LogP contribution in [0.5, 0.6) is 0 Å². The number of aryl methyl sites for hydroxylation is 2. The molecular formula is C16H19NO. The number of aliphatic hydroxyl groups excluding tert-OH is 1. The topological polar surface area (TPSA) is 33.1 Å². The van der Waals surface area contributed by atoms with Gasteiger partial charge in [-0.15, -0.1) is 0 Å². The lowest BCUT2D eigenvalue weighted by atomic mass is 9.99. The van der Waals surface area contributed by atoms with E-state index >= 15 is 0 Å². The second-order valence-electron chi connectivity index (χ2n) is 4.63. The first kappa shape index (κ1) is 12.8. The fourth-order valence-corrected chi connectivity index (χ4v) is 2.14. The summed E-state index contributed by atoms with van der Waals surface area (Å²) in [5.41, 5.74) is 4.05. The Hall–Kier alpha value is -1.67. The van der Waals surface area contributed by atoms with Gasteiger partial charge in [-0.25, -0.2) is 0 Å². The van der Waals surface area contributed by atoms with Crippen molar-refractivity contribution < 1.29 is 5.11 Å². The molecule has 2 aromatic rings. The Kier molecular flexibility index (Phi) is 4.11. The molecule has 0 aliphatic rings. The minimum atomic E-state index is -0.566. The van der Waals surface area contributed by atoms with Crippen LogP contribution in [0, 0.1) is 6.92 Å². The van der Waals surface area contributed by atoms with Crippen molar-refractivity contribution in [3.05, 3.63) is 65.0 Å². The predicted molar refractivity (Wildman–Crippen MR) is 73.5 cm³/mol. The zero-order valence-electron chi connectivity index (χ0n) is 10.9. The highest BCUT2D eigenvalue weighted by atomic mass is 16.3. The van der Waals surface area contributed by atoms with Crippen LogP contribution in [0.4, 0.5) is 0 Å². The van der Waals surface area contributed by atoms with Gasteiger partial charge in [-0.05, 0) is 42.2 Å². The van der Waals surface area contributed by atoms with E-state index in [1.165, 1.54) is 5.56 Å². The van der Waals surface area contributed by atoms with Gasteiger partial charge in [0.15, 0.2) is 0 Å². The van der Waals surface area contributed by atoms with Crippen LogP contribution >= 0.6 is 0 Å². The maximum atomic E-state index is 10.4. The Morgan fingerprint density at radius 1 is 1.17 bits per heavy atom. The van der Waals surface area contributed by atoms with Crippen LogP contribution < -0.4 is 0 Å². The molecule has 2 nitrogen and oxygen atoms in total. The van der Waals surface area contributed by atoms with Crippen LogP contribution in [-0.4, -0.2) is 10.1 Å². The summed E-state index contributed by atoms with van der Waals surface area (Å²) in [6.45, 7) is 4.10. The first-order valence-electron chi connectivity index (χ1n) is 6.40. The van der Waals surface area contributed by atoms with Crippen molar-refractivity contribution in [3.8, 4) is 0 Å². The highest BCUT2D eigenvalue weighted by molar-refractivity contribution is 5.32. The third kappa shape index (κ3) is 2.96. The van der Waals surface area contributed by atoms with Gasteiger partial charge in [0, 0.05) is 11.9 Å².